The summed E-state index contributed by atoms with van der Waals surface area (Å²) >= 11 is 0. The summed E-state index contributed by atoms with van der Waals surface area (Å²) in [6.07, 6.45) is -6.87. The molecule has 0 amide bonds. The first-order valence-electron chi connectivity index (χ1n) is 6.33. The molecule has 0 aromatic carbocycles. The van der Waals surface area contributed by atoms with E-state index in [1.54, 1.807) is 0 Å². The predicted octanol–water partition coefficient (Wildman–Crippen LogP) is 3.24. The van der Waals surface area contributed by atoms with Gasteiger partial charge in [-0.3, -0.25) is 9.59 Å². The van der Waals surface area contributed by atoms with Crippen molar-refractivity contribution < 1.29 is 32.2 Å². The Morgan fingerprint density at radius 2 is 1.55 bits per heavy atom. The molecule has 1 unspecified atom stereocenters. The van der Waals surface area contributed by atoms with Crippen LogP contribution in [0.2, 0.25) is 0 Å². The molecule has 0 saturated carbocycles. The molecule has 0 saturated heterocycles. The summed E-state index contributed by atoms with van der Waals surface area (Å²) in [7, 11) is 0. The van der Waals surface area contributed by atoms with Gasteiger partial charge in [0.15, 0.2) is 6.10 Å². The van der Waals surface area contributed by atoms with Crippen LogP contribution in [0.25, 0.3) is 0 Å². The highest BCUT2D eigenvalue weighted by Gasteiger charge is 2.38. The number of ether oxygens (including phenoxy) is 2. The average Bonchev–Trinajstić information content (AvgIpc) is 2.24. The van der Waals surface area contributed by atoms with Crippen LogP contribution in [0.15, 0.2) is 0 Å². The van der Waals surface area contributed by atoms with E-state index in [9.17, 15) is 22.8 Å². The van der Waals surface area contributed by atoms with Gasteiger partial charge in [-0.25, -0.2) is 0 Å². The summed E-state index contributed by atoms with van der Waals surface area (Å²) in [5, 5.41) is 0. The lowest BCUT2D eigenvalue weighted by Crippen LogP contribution is -2.30. The molecular weight excluding hydrogens is 277 g/mol. The van der Waals surface area contributed by atoms with Crippen LogP contribution >= 0.6 is 0 Å². The maximum absolute atomic E-state index is 12.1. The van der Waals surface area contributed by atoms with E-state index in [4.69, 9.17) is 4.74 Å². The van der Waals surface area contributed by atoms with Crippen LogP contribution in [0.4, 0.5) is 13.2 Å². The Bertz CT molecular complexity index is 331. The van der Waals surface area contributed by atoms with Gasteiger partial charge in [0, 0.05) is 12.8 Å². The van der Waals surface area contributed by atoms with Crippen LogP contribution in [-0.2, 0) is 19.1 Å². The highest BCUT2D eigenvalue weighted by molar-refractivity contribution is 5.72. The summed E-state index contributed by atoms with van der Waals surface area (Å²) in [4.78, 5) is 22.4. The zero-order valence-electron chi connectivity index (χ0n) is 12.2. The summed E-state index contributed by atoms with van der Waals surface area (Å²) in [6, 6.07) is 0. The average molecular weight is 298 g/mol. The first-order valence-corrected chi connectivity index (χ1v) is 6.33. The normalized spacial score (nSPS) is 13.8. The molecule has 0 aliphatic rings. The van der Waals surface area contributed by atoms with Crippen molar-refractivity contribution in [2.24, 2.45) is 5.41 Å². The van der Waals surface area contributed by atoms with Gasteiger partial charge in [-0.1, -0.05) is 20.8 Å². The monoisotopic (exact) mass is 298 g/mol. The second-order valence-electron chi connectivity index (χ2n) is 5.75. The van der Waals surface area contributed by atoms with Gasteiger partial charge in [-0.15, -0.1) is 0 Å². The molecule has 7 heteroatoms. The molecule has 0 bridgehead atoms. The minimum atomic E-state index is -4.57. The molecule has 0 radical (unpaired) electrons. The lowest BCUT2D eigenvalue weighted by molar-refractivity contribution is -0.216. The zero-order valence-corrected chi connectivity index (χ0v) is 12.2. The fraction of sp³-hybridized carbons (Fsp3) is 0.846. The smallest absolute Gasteiger partial charge is 0.425 e. The van der Waals surface area contributed by atoms with E-state index in [1.807, 2.05) is 20.8 Å². The van der Waals surface area contributed by atoms with Crippen LogP contribution in [-0.4, -0.2) is 30.8 Å². The molecule has 0 aliphatic carbocycles. The molecule has 118 valence electrons. The van der Waals surface area contributed by atoms with Gasteiger partial charge in [-0.05, 0) is 18.8 Å². The fourth-order valence-electron chi connectivity index (χ4n) is 1.07. The van der Waals surface area contributed by atoms with Crippen LogP contribution in [0.3, 0.4) is 0 Å². The Morgan fingerprint density at radius 1 is 1.05 bits per heavy atom. The number of carbonyl (C=O) groups is 2. The van der Waals surface area contributed by atoms with Crippen molar-refractivity contribution in [1.82, 2.24) is 0 Å². The highest BCUT2D eigenvalue weighted by atomic mass is 19.4. The fourth-order valence-corrected chi connectivity index (χ4v) is 1.07. The van der Waals surface area contributed by atoms with E-state index in [2.05, 4.69) is 4.74 Å². The van der Waals surface area contributed by atoms with Gasteiger partial charge in [0.1, 0.15) is 0 Å². The quantitative estimate of drug-likeness (QED) is 0.706. The van der Waals surface area contributed by atoms with Crippen LogP contribution in [0, 0.1) is 5.41 Å². The third kappa shape index (κ3) is 9.63. The number of esters is 2. The summed E-state index contributed by atoms with van der Waals surface area (Å²) in [6.45, 7) is 6.71. The molecule has 1 atom stereocenters. The molecule has 20 heavy (non-hydrogen) atoms. The summed E-state index contributed by atoms with van der Waals surface area (Å²) < 4.78 is 45.5. The Labute approximate surface area is 116 Å². The number of alkyl halides is 3. The number of carbonyl (C=O) groups excluding carboxylic acids is 2. The molecule has 4 nitrogen and oxygen atoms in total. The van der Waals surface area contributed by atoms with E-state index in [0.717, 1.165) is 6.92 Å². The third-order valence-corrected chi connectivity index (χ3v) is 2.20. The standard InChI is InChI=1S/C13H21F3O4/c1-9(13(14,15)16)20-11(18)7-5-6-10(17)19-8-12(2,3)4/h9H,5-8H2,1-4H3. The second kappa shape index (κ2) is 7.50. The minimum Gasteiger partial charge on any atom is -0.465 e. The lowest BCUT2D eigenvalue weighted by Gasteiger charge is -2.18. The summed E-state index contributed by atoms with van der Waals surface area (Å²) in [5.41, 5.74) is -0.156. The van der Waals surface area contributed by atoms with Crippen molar-refractivity contribution in [3.05, 3.63) is 0 Å². The minimum absolute atomic E-state index is 0.0222. The molecule has 0 aliphatic heterocycles. The number of hydrogen-bond donors (Lipinski definition) is 0. The van der Waals surface area contributed by atoms with Crippen molar-refractivity contribution >= 4 is 11.9 Å². The van der Waals surface area contributed by atoms with Crippen molar-refractivity contribution in [3.8, 4) is 0 Å². The first-order chi connectivity index (χ1) is 8.92. The third-order valence-electron chi connectivity index (χ3n) is 2.20. The van der Waals surface area contributed by atoms with Crippen molar-refractivity contribution in [2.75, 3.05) is 6.61 Å². The molecular formula is C13H21F3O4. The highest BCUT2D eigenvalue weighted by Crippen LogP contribution is 2.22. The van der Waals surface area contributed by atoms with Gasteiger partial charge < -0.3 is 9.47 Å². The Kier molecular flexibility index (Phi) is 7.02. The molecule has 0 heterocycles. The molecule has 0 rings (SSSR count). The van der Waals surface area contributed by atoms with Crippen LogP contribution < -0.4 is 0 Å². The SMILES string of the molecule is CC(OC(=O)CCCC(=O)OCC(C)(C)C)C(F)(F)F. The molecule has 0 aromatic rings. The van der Waals surface area contributed by atoms with E-state index < -0.39 is 24.2 Å². The molecule has 0 fully saturated rings. The van der Waals surface area contributed by atoms with E-state index in [-0.39, 0.29) is 31.3 Å². The van der Waals surface area contributed by atoms with E-state index in [0.29, 0.717) is 0 Å². The van der Waals surface area contributed by atoms with Gasteiger partial charge >= 0.3 is 18.1 Å². The number of rotatable bonds is 6. The van der Waals surface area contributed by atoms with Crippen molar-refractivity contribution in [2.45, 2.75) is 59.2 Å². The maximum atomic E-state index is 12.1. The first kappa shape index (κ1) is 18.7. The van der Waals surface area contributed by atoms with Gasteiger partial charge in [-0.2, -0.15) is 13.2 Å². The van der Waals surface area contributed by atoms with E-state index in [1.165, 1.54) is 0 Å². The van der Waals surface area contributed by atoms with Crippen LogP contribution in [0.1, 0.15) is 47.0 Å². The predicted molar refractivity (Wildman–Crippen MR) is 65.9 cm³/mol. The number of halogens is 3. The molecule has 0 aromatic heterocycles. The lowest BCUT2D eigenvalue weighted by atomic mass is 9.99. The summed E-state index contributed by atoms with van der Waals surface area (Å²) in [5.74, 6) is -1.45. The Morgan fingerprint density at radius 3 is 2.00 bits per heavy atom. The van der Waals surface area contributed by atoms with Crippen LogP contribution in [0.5, 0.6) is 0 Å². The Balaban J connectivity index is 3.85. The maximum Gasteiger partial charge on any atom is 0.425 e. The van der Waals surface area contributed by atoms with Gasteiger partial charge in [0.25, 0.3) is 0 Å². The molecule has 0 spiro atoms. The van der Waals surface area contributed by atoms with Crippen molar-refractivity contribution in [1.29, 1.82) is 0 Å². The zero-order chi connectivity index (χ0) is 16.0. The topological polar surface area (TPSA) is 52.6 Å². The van der Waals surface area contributed by atoms with Gasteiger partial charge in [0.05, 0.1) is 6.61 Å². The largest absolute Gasteiger partial charge is 0.465 e. The number of hydrogen-bond acceptors (Lipinski definition) is 4. The van der Waals surface area contributed by atoms with Crippen molar-refractivity contribution in [3.63, 3.8) is 0 Å². The second-order valence-corrected chi connectivity index (χ2v) is 5.75. The Hall–Kier alpha value is -1.27. The van der Waals surface area contributed by atoms with E-state index >= 15 is 0 Å². The molecule has 0 N–H and O–H groups in total. The van der Waals surface area contributed by atoms with Gasteiger partial charge in [0.2, 0.25) is 0 Å².